The van der Waals surface area contributed by atoms with Gasteiger partial charge in [-0.25, -0.2) is 0 Å². The predicted molar refractivity (Wildman–Crippen MR) is 84.6 cm³/mol. The molecule has 0 radical (unpaired) electrons. The predicted octanol–water partition coefficient (Wildman–Crippen LogP) is 2.72. The summed E-state index contributed by atoms with van der Waals surface area (Å²) in [7, 11) is 0. The molecule has 0 spiro atoms. The maximum Gasteiger partial charge on any atom is 0.292 e. The lowest BCUT2D eigenvalue weighted by Crippen LogP contribution is -2.27. The summed E-state index contributed by atoms with van der Waals surface area (Å²) < 4.78 is 1.20. The van der Waals surface area contributed by atoms with Gasteiger partial charge in [-0.05, 0) is 30.7 Å². The Morgan fingerprint density at radius 2 is 2.00 bits per heavy atom. The molecule has 2 aromatic rings. The second kappa shape index (κ2) is 6.93. The molecule has 112 valence electrons. The topological polar surface area (TPSA) is 67.2 Å². The summed E-state index contributed by atoms with van der Waals surface area (Å²) in [5.74, 6) is 0. The molecule has 2 rings (SSSR count). The number of aromatic nitrogens is 2. The van der Waals surface area contributed by atoms with Crippen LogP contribution in [0, 0.1) is 0 Å². The molecule has 21 heavy (non-hydrogen) atoms. The van der Waals surface area contributed by atoms with Gasteiger partial charge in [0, 0.05) is 11.1 Å². The van der Waals surface area contributed by atoms with Gasteiger partial charge in [0.1, 0.15) is 5.02 Å². The molecule has 0 unspecified atom stereocenters. The second-order valence-electron chi connectivity index (χ2n) is 4.50. The highest BCUT2D eigenvalue weighted by Gasteiger charge is 2.13. The van der Waals surface area contributed by atoms with Crippen LogP contribution in [0.25, 0.3) is 5.69 Å². The number of rotatable bonds is 5. The van der Waals surface area contributed by atoms with Gasteiger partial charge in [0.15, 0.2) is 0 Å². The van der Waals surface area contributed by atoms with Crippen molar-refractivity contribution in [1.29, 1.82) is 0 Å². The Balaban J connectivity index is 2.37. The summed E-state index contributed by atoms with van der Waals surface area (Å²) in [5, 5.41) is 16.9. The van der Waals surface area contributed by atoms with Crippen molar-refractivity contribution >= 4 is 28.9 Å². The van der Waals surface area contributed by atoms with Crippen molar-refractivity contribution < 1.29 is 5.11 Å². The molecule has 1 atom stereocenters. The summed E-state index contributed by atoms with van der Waals surface area (Å²) in [6.07, 6.45) is 2.17. The fourth-order valence-electron chi connectivity index (χ4n) is 1.80. The van der Waals surface area contributed by atoms with Gasteiger partial charge < -0.3 is 10.4 Å². The van der Waals surface area contributed by atoms with Crippen LogP contribution in [0.3, 0.4) is 0 Å². The number of benzene rings is 1. The standard InChI is InChI=1S/C14H15Cl2N3O2/c1-2-10(8-20)18-12-7-17-19(14(21)13(12)16)11-5-3-9(15)4-6-11/h3-7,10,18,20H,2,8H2,1H3/t10-/m1/s1. The van der Waals surface area contributed by atoms with Crippen molar-refractivity contribution in [2.75, 3.05) is 11.9 Å². The van der Waals surface area contributed by atoms with Gasteiger partial charge >= 0.3 is 0 Å². The number of aliphatic hydroxyl groups is 1. The third-order valence-corrected chi connectivity index (χ3v) is 3.68. The van der Waals surface area contributed by atoms with Crippen LogP contribution in [0.15, 0.2) is 35.3 Å². The molecule has 5 nitrogen and oxygen atoms in total. The van der Waals surface area contributed by atoms with E-state index in [0.29, 0.717) is 22.8 Å². The van der Waals surface area contributed by atoms with Crippen molar-refractivity contribution in [3.05, 3.63) is 50.9 Å². The molecule has 0 fully saturated rings. The molecule has 0 bridgehead atoms. The number of hydrogen-bond donors (Lipinski definition) is 2. The van der Waals surface area contributed by atoms with E-state index < -0.39 is 5.56 Å². The Morgan fingerprint density at radius 3 is 2.57 bits per heavy atom. The van der Waals surface area contributed by atoms with Crippen LogP contribution in [-0.2, 0) is 0 Å². The Morgan fingerprint density at radius 1 is 1.33 bits per heavy atom. The summed E-state index contributed by atoms with van der Waals surface area (Å²) in [6, 6.07) is 6.54. The number of anilines is 1. The highest BCUT2D eigenvalue weighted by Crippen LogP contribution is 2.19. The molecule has 0 saturated heterocycles. The molecule has 0 aliphatic heterocycles. The van der Waals surface area contributed by atoms with Gasteiger partial charge in [-0.1, -0.05) is 30.1 Å². The quantitative estimate of drug-likeness (QED) is 0.886. The molecule has 7 heteroatoms. The van der Waals surface area contributed by atoms with Crippen LogP contribution in [0.5, 0.6) is 0 Å². The maximum absolute atomic E-state index is 12.3. The Kier molecular flexibility index (Phi) is 5.22. The third-order valence-electron chi connectivity index (χ3n) is 3.06. The number of halogens is 2. The van der Waals surface area contributed by atoms with Gasteiger partial charge in [0.05, 0.1) is 24.2 Å². The lowest BCUT2D eigenvalue weighted by atomic mass is 10.2. The van der Waals surface area contributed by atoms with Crippen LogP contribution < -0.4 is 10.9 Å². The van der Waals surface area contributed by atoms with E-state index in [9.17, 15) is 9.90 Å². The molecule has 2 N–H and O–H groups in total. The zero-order valence-corrected chi connectivity index (χ0v) is 12.9. The highest BCUT2D eigenvalue weighted by atomic mass is 35.5. The van der Waals surface area contributed by atoms with Crippen LogP contribution in [0.4, 0.5) is 5.69 Å². The molecule has 0 aliphatic rings. The van der Waals surface area contributed by atoms with E-state index in [2.05, 4.69) is 10.4 Å². The summed E-state index contributed by atoms with van der Waals surface area (Å²) >= 11 is 11.9. The van der Waals surface area contributed by atoms with E-state index >= 15 is 0 Å². The van der Waals surface area contributed by atoms with E-state index in [-0.39, 0.29) is 17.7 Å². The minimum atomic E-state index is -0.434. The summed E-state index contributed by atoms with van der Waals surface area (Å²) in [4.78, 5) is 12.3. The monoisotopic (exact) mass is 327 g/mol. The van der Waals surface area contributed by atoms with Crippen molar-refractivity contribution in [2.24, 2.45) is 0 Å². The fourth-order valence-corrected chi connectivity index (χ4v) is 2.11. The highest BCUT2D eigenvalue weighted by molar-refractivity contribution is 6.33. The first kappa shape index (κ1) is 15.8. The molecule has 0 aliphatic carbocycles. The van der Waals surface area contributed by atoms with Crippen molar-refractivity contribution in [3.63, 3.8) is 0 Å². The number of nitrogens with zero attached hydrogens (tertiary/aromatic N) is 2. The lowest BCUT2D eigenvalue weighted by molar-refractivity contribution is 0.272. The van der Waals surface area contributed by atoms with Gasteiger partial charge in [0.2, 0.25) is 0 Å². The first-order chi connectivity index (χ1) is 10.1. The van der Waals surface area contributed by atoms with E-state index in [1.807, 2.05) is 6.92 Å². The minimum Gasteiger partial charge on any atom is -0.394 e. The van der Waals surface area contributed by atoms with E-state index in [4.69, 9.17) is 23.2 Å². The second-order valence-corrected chi connectivity index (χ2v) is 5.31. The van der Waals surface area contributed by atoms with E-state index in [0.717, 1.165) is 0 Å². The van der Waals surface area contributed by atoms with Gasteiger partial charge in [0.25, 0.3) is 5.56 Å². The zero-order chi connectivity index (χ0) is 15.4. The zero-order valence-electron chi connectivity index (χ0n) is 11.4. The molecular formula is C14H15Cl2N3O2. The van der Waals surface area contributed by atoms with Gasteiger partial charge in [-0.15, -0.1) is 0 Å². The lowest BCUT2D eigenvalue weighted by Gasteiger charge is -2.16. The molecular weight excluding hydrogens is 313 g/mol. The molecule has 1 aromatic carbocycles. The maximum atomic E-state index is 12.3. The number of aliphatic hydroxyl groups excluding tert-OH is 1. The normalized spacial score (nSPS) is 12.2. The first-order valence-electron chi connectivity index (χ1n) is 6.48. The molecule has 0 saturated carbocycles. The summed E-state index contributed by atoms with van der Waals surface area (Å²) in [5.41, 5.74) is 0.552. The summed E-state index contributed by atoms with van der Waals surface area (Å²) in [6.45, 7) is 1.87. The Hall–Kier alpha value is -1.56. The molecule has 1 aromatic heterocycles. The van der Waals surface area contributed by atoms with Crippen molar-refractivity contribution in [3.8, 4) is 5.69 Å². The van der Waals surface area contributed by atoms with Crippen LogP contribution in [-0.4, -0.2) is 27.5 Å². The minimum absolute atomic E-state index is 0.0341. The number of hydrogen-bond acceptors (Lipinski definition) is 4. The first-order valence-corrected chi connectivity index (χ1v) is 7.23. The Labute approximate surface area is 132 Å². The number of nitrogens with one attached hydrogen (secondary N) is 1. The van der Waals surface area contributed by atoms with Crippen LogP contribution in [0.1, 0.15) is 13.3 Å². The van der Waals surface area contributed by atoms with Crippen molar-refractivity contribution in [1.82, 2.24) is 9.78 Å². The van der Waals surface area contributed by atoms with Crippen LogP contribution in [0.2, 0.25) is 10.0 Å². The van der Waals surface area contributed by atoms with Gasteiger partial charge in [-0.3, -0.25) is 4.79 Å². The largest absolute Gasteiger partial charge is 0.394 e. The Bertz CT molecular complexity index is 667. The van der Waals surface area contributed by atoms with Crippen LogP contribution >= 0.6 is 23.2 Å². The van der Waals surface area contributed by atoms with Crippen molar-refractivity contribution in [2.45, 2.75) is 19.4 Å². The average Bonchev–Trinajstić information content (AvgIpc) is 2.50. The van der Waals surface area contributed by atoms with E-state index in [1.54, 1.807) is 24.3 Å². The van der Waals surface area contributed by atoms with E-state index in [1.165, 1.54) is 10.9 Å². The average molecular weight is 328 g/mol. The SMILES string of the molecule is CC[C@H](CO)Nc1cnn(-c2ccc(Cl)cc2)c(=O)c1Cl. The van der Waals surface area contributed by atoms with Gasteiger partial charge in [-0.2, -0.15) is 9.78 Å². The molecule has 0 amide bonds. The molecule has 1 heterocycles. The smallest absolute Gasteiger partial charge is 0.292 e. The fraction of sp³-hybridized carbons (Fsp3) is 0.286. The third kappa shape index (κ3) is 3.56.